The Labute approximate surface area is 461 Å². The molecule has 0 aromatic heterocycles. The summed E-state index contributed by atoms with van der Waals surface area (Å²) >= 11 is 0. The number of hydrogen-bond acceptors (Lipinski definition) is 16. The maximum atomic E-state index is 10.5. The number of allylic oxidation sites excluding steroid dienone is 2. The van der Waals surface area contributed by atoms with Gasteiger partial charge in [0.2, 0.25) is 0 Å². The highest BCUT2D eigenvalue weighted by atomic mass is 16.5. The Bertz CT molecular complexity index is 2760. The number of nitriles is 3. The van der Waals surface area contributed by atoms with Gasteiger partial charge in [-0.25, -0.2) is 0 Å². The molecule has 16 heteroatoms. The van der Waals surface area contributed by atoms with Gasteiger partial charge in [-0.2, -0.15) is 15.8 Å². The second-order valence-electron chi connectivity index (χ2n) is 18.8. The van der Waals surface area contributed by atoms with E-state index < -0.39 is 5.60 Å². The van der Waals surface area contributed by atoms with Gasteiger partial charge in [-0.05, 0) is 105 Å². The van der Waals surface area contributed by atoms with Gasteiger partial charge in [0.05, 0.1) is 89.6 Å². The highest BCUT2D eigenvalue weighted by Gasteiger charge is 2.42. The normalized spacial score (nSPS) is 16.7. The Morgan fingerprint density at radius 2 is 1.44 bits per heavy atom. The molecular weight excluding hydrogens is 989 g/mol. The predicted molar refractivity (Wildman–Crippen MR) is 304 cm³/mol. The van der Waals surface area contributed by atoms with Crippen molar-refractivity contribution in [2.75, 3.05) is 141 Å². The lowest BCUT2D eigenvalue weighted by molar-refractivity contribution is 0.0498. The quantitative estimate of drug-likeness (QED) is 0.0614. The molecule has 1 unspecified atom stereocenters. The summed E-state index contributed by atoms with van der Waals surface area (Å²) in [6.45, 7) is 20.7. The van der Waals surface area contributed by atoms with Gasteiger partial charge in [0, 0.05) is 45.5 Å². The van der Waals surface area contributed by atoms with Gasteiger partial charge in [0.15, 0.2) is 11.3 Å². The molecule has 0 fully saturated rings. The number of nitrogens with zero attached hydrogens (tertiary/aromatic N) is 5. The molecule has 6 rings (SSSR count). The van der Waals surface area contributed by atoms with Crippen molar-refractivity contribution in [3.05, 3.63) is 142 Å². The van der Waals surface area contributed by atoms with E-state index in [0.717, 1.165) is 56.4 Å². The first-order chi connectivity index (χ1) is 38.1. The molecule has 414 valence electrons. The first-order valence-corrected chi connectivity index (χ1v) is 26.8. The molecule has 1 atom stereocenters. The van der Waals surface area contributed by atoms with Crippen LogP contribution in [0.15, 0.2) is 114 Å². The minimum atomic E-state index is -1.05. The van der Waals surface area contributed by atoms with Crippen molar-refractivity contribution in [3.63, 3.8) is 0 Å². The topological polar surface area (TPSA) is 182 Å². The van der Waals surface area contributed by atoms with Gasteiger partial charge in [-0.3, -0.25) is 0 Å². The molecule has 16 nitrogen and oxygen atoms in total. The second kappa shape index (κ2) is 32.4. The van der Waals surface area contributed by atoms with Gasteiger partial charge >= 0.3 is 0 Å². The summed E-state index contributed by atoms with van der Waals surface area (Å²) in [4.78, 5) is 4.43. The van der Waals surface area contributed by atoms with Crippen LogP contribution in [0.5, 0.6) is 17.2 Å². The number of fused-ring (bicyclic) bond motifs is 2. The number of anilines is 3. The van der Waals surface area contributed by atoms with E-state index >= 15 is 0 Å². The van der Waals surface area contributed by atoms with Crippen LogP contribution in [-0.2, 0) is 39.8 Å². The molecule has 2 aliphatic rings. The first-order valence-electron chi connectivity index (χ1n) is 26.8. The molecule has 2 heterocycles. The molecule has 78 heavy (non-hydrogen) atoms. The highest BCUT2D eigenvalue weighted by Crippen LogP contribution is 2.44. The minimum absolute atomic E-state index is 0.0269. The predicted octanol–water partition coefficient (Wildman–Crippen LogP) is 10.2. The standard InChI is InChI=1S/C62H76N6O10/c1-7-49-12-14-51(15-13-49)46-74-28-9-22-62(5)54(53(45-65)61(78-62)52(43-63)44-64)18-16-50-17-21-57(60(42-50)77-39-34-69-6)68-26-32-75-58-40-47(3)10-19-55(58)66-23-29-71-37-38-73-31-25-67(24-30-72-36-35-70-8-2)56-20-11-48(4)41-59(56)76-33-27-68/h7,10-21,40-42,66H,1,8-9,22-39,46H2,2-6H3. The van der Waals surface area contributed by atoms with E-state index in [9.17, 15) is 15.8 Å². The van der Waals surface area contributed by atoms with Gasteiger partial charge in [0.1, 0.15) is 66.5 Å². The molecule has 1 N–H and O–H groups in total. The zero-order valence-electron chi connectivity index (χ0n) is 46.1. The van der Waals surface area contributed by atoms with E-state index in [2.05, 4.69) is 59.0 Å². The number of rotatable bonds is 21. The Balaban J connectivity index is 1.30. The van der Waals surface area contributed by atoms with Crippen molar-refractivity contribution in [3.8, 4) is 35.5 Å². The van der Waals surface area contributed by atoms with Crippen molar-refractivity contribution in [2.45, 2.75) is 52.7 Å². The fourth-order valence-corrected chi connectivity index (χ4v) is 8.88. The third-order valence-electron chi connectivity index (χ3n) is 13.0. The maximum Gasteiger partial charge on any atom is 0.172 e. The highest BCUT2D eigenvalue weighted by molar-refractivity contribution is 5.69. The number of ether oxygens (including phenoxy) is 10. The molecule has 0 saturated heterocycles. The minimum Gasteiger partial charge on any atom is -0.490 e. The Kier molecular flexibility index (Phi) is 24.9. The number of benzene rings is 4. The number of aryl methyl sites for hydroxylation is 2. The van der Waals surface area contributed by atoms with Crippen LogP contribution in [-0.4, -0.2) is 131 Å². The molecule has 2 aliphatic heterocycles. The lowest BCUT2D eigenvalue weighted by atomic mass is 9.88. The molecule has 0 bridgehead atoms. The van der Waals surface area contributed by atoms with Crippen molar-refractivity contribution in [2.24, 2.45) is 0 Å². The van der Waals surface area contributed by atoms with Gasteiger partial charge in [0.25, 0.3) is 0 Å². The lowest BCUT2D eigenvalue weighted by Crippen LogP contribution is -2.34. The second-order valence-corrected chi connectivity index (χ2v) is 18.8. The van der Waals surface area contributed by atoms with E-state index in [-0.39, 0.29) is 23.5 Å². The van der Waals surface area contributed by atoms with Crippen molar-refractivity contribution < 1.29 is 47.4 Å². The van der Waals surface area contributed by atoms with E-state index in [0.29, 0.717) is 143 Å². The first kappa shape index (κ1) is 59.9. The Morgan fingerprint density at radius 1 is 0.731 bits per heavy atom. The van der Waals surface area contributed by atoms with Crippen molar-refractivity contribution in [1.82, 2.24) is 0 Å². The van der Waals surface area contributed by atoms with Crippen LogP contribution in [0, 0.1) is 47.8 Å². The smallest absolute Gasteiger partial charge is 0.172 e. The third-order valence-corrected chi connectivity index (χ3v) is 13.0. The maximum absolute atomic E-state index is 10.5. The summed E-state index contributed by atoms with van der Waals surface area (Å²) in [6, 6.07) is 32.4. The van der Waals surface area contributed by atoms with Crippen LogP contribution < -0.4 is 29.3 Å². The van der Waals surface area contributed by atoms with Gasteiger partial charge in [-0.15, -0.1) is 0 Å². The monoisotopic (exact) mass is 1060 g/mol. The summed E-state index contributed by atoms with van der Waals surface area (Å²) in [5.74, 6) is 2.04. The Morgan fingerprint density at radius 3 is 2.17 bits per heavy atom. The fraction of sp³-hybridized carbons (Fsp3) is 0.435. The zero-order valence-corrected chi connectivity index (χ0v) is 46.1. The average Bonchev–Trinajstić information content (AvgIpc) is 3.77. The van der Waals surface area contributed by atoms with Crippen LogP contribution in [0.3, 0.4) is 0 Å². The van der Waals surface area contributed by atoms with Crippen molar-refractivity contribution >= 4 is 29.2 Å². The summed E-state index contributed by atoms with van der Waals surface area (Å²) < 4.78 is 61.2. The summed E-state index contributed by atoms with van der Waals surface area (Å²) in [5, 5.41) is 33.9. The van der Waals surface area contributed by atoms with E-state index in [1.807, 2.05) is 99.7 Å². The van der Waals surface area contributed by atoms with Crippen molar-refractivity contribution in [1.29, 1.82) is 15.8 Å². The molecule has 0 amide bonds. The van der Waals surface area contributed by atoms with E-state index in [1.54, 1.807) is 13.2 Å². The van der Waals surface area contributed by atoms with Crippen LogP contribution >= 0.6 is 0 Å². The molecule has 0 aliphatic carbocycles. The summed E-state index contributed by atoms with van der Waals surface area (Å²) in [5.41, 5.74) is 6.94. The van der Waals surface area contributed by atoms with E-state index in [1.165, 1.54) is 0 Å². The SMILES string of the molecule is C=Cc1ccc(COCCCC2(C)OC(=C(C#N)C#N)C(C#N)=C2C=Cc2ccc(N3CCOc4cc(C)ccc4NCCOCCOCCN(CCOCCOCC)c4ccc(C)cc4OCC3)c(OCCOC)c2)cc1. The molecule has 0 radical (unpaired) electrons. The van der Waals surface area contributed by atoms with Gasteiger partial charge < -0.3 is 62.5 Å². The molecule has 0 spiro atoms. The average molecular weight is 1070 g/mol. The van der Waals surface area contributed by atoms with Crippen LogP contribution in [0.4, 0.5) is 17.1 Å². The third kappa shape index (κ3) is 18.1. The number of nitrogens with one attached hydrogen (secondary N) is 1. The summed E-state index contributed by atoms with van der Waals surface area (Å²) in [7, 11) is 1.63. The molecular formula is C62H76N6O10. The Hall–Kier alpha value is -7.33. The lowest BCUT2D eigenvalue weighted by Gasteiger charge is -2.29. The summed E-state index contributed by atoms with van der Waals surface area (Å²) in [6.07, 6.45) is 6.54. The van der Waals surface area contributed by atoms with Crippen LogP contribution in [0.2, 0.25) is 0 Å². The molecule has 0 saturated carbocycles. The van der Waals surface area contributed by atoms with Crippen LogP contribution in [0.25, 0.3) is 12.2 Å². The largest absolute Gasteiger partial charge is 0.490 e. The zero-order chi connectivity index (χ0) is 55.4. The molecule has 4 aromatic rings. The molecule has 4 aromatic carbocycles. The van der Waals surface area contributed by atoms with Gasteiger partial charge in [-0.1, -0.05) is 67.3 Å². The fourth-order valence-electron chi connectivity index (χ4n) is 8.88. The number of hydrogen-bond donors (Lipinski definition) is 1. The van der Waals surface area contributed by atoms with E-state index in [4.69, 9.17) is 47.4 Å². The number of methoxy groups -OCH3 is 1. The van der Waals surface area contributed by atoms with Crippen LogP contribution in [0.1, 0.15) is 54.5 Å².